The normalized spacial score (nSPS) is 10.1. The molecule has 0 amide bonds. The average molecular weight is 301 g/mol. The van der Waals surface area contributed by atoms with Crippen molar-refractivity contribution in [1.29, 1.82) is 0 Å². The highest BCUT2D eigenvalue weighted by molar-refractivity contribution is 14.1. The number of aryl methyl sites for hydroxylation is 1. The molecule has 0 radical (unpaired) electrons. The summed E-state index contributed by atoms with van der Waals surface area (Å²) in [5.74, 6) is -0.341. The van der Waals surface area contributed by atoms with Gasteiger partial charge in [0.05, 0.1) is 15.0 Å². The van der Waals surface area contributed by atoms with E-state index in [-0.39, 0.29) is 5.82 Å². The van der Waals surface area contributed by atoms with Crippen LogP contribution in [0.25, 0.3) is 0 Å². The van der Waals surface area contributed by atoms with Gasteiger partial charge in [-0.25, -0.2) is 9.37 Å². The van der Waals surface area contributed by atoms with Gasteiger partial charge in [-0.15, -0.1) is 0 Å². The van der Waals surface area contributed by atoms with Crippen molar-refractivity contribution >= 4 is 39.9 Å². The zero-order valence-electron chi connectivity index (χ0n) is 6.58. The van der Waals surface area contributed by atoms with Crippen LogP contribution >= 0.6 is 34.2 Å². The molecular formula is C7H7ClFIN2. The molecule has 0 aliphatic heterocycles. The minimum absolute atomic E-state index is 0.310. The second-order valence-electron chi connectivity index (χ2n) is 2.24. The number of anilines is 1. The number of halogens is 3. The van der Waals surface area contributed by atoms with Crippen LogP contribution in [0.2, 0.25) is 5.15 Å². The maximum absolute atomic E-state index is 13.3. The van der Waals surface area contributed by atoms with Crippen molar-refractivity contribution in [3.05, 3.63) is 20.2 Å². The molecule has 0 saturated heterocycles. The molecule has 5 heteroatoms. The SMILES string of the molecule is CNc1c(F)c(C)nc(Cl)c1I. The van der Waals surface area contributed by atoms with Gasteiger partial charge in [0.25, 0.3) is 0 Å². The smallest absolute Gasteiger partial charge is 0.168 e. The molecule has 1 aromatic heterocycles. The summed E-state index contributed by atoms with van der Waals surface area (Å²) in [6.07, 6.45) is 0. The van der Waals surface area contributed by atoms with Gasteiger partial charge >= 0.3 is 0 Å². The maximum atomic E-state index is 13.3. The summed E-state index contributed by atoms with van der Waals surface area (Å²) in [7, 11) is 1.65. The average Bonchev–Trinajstić information content (AvgIpc) is 2.02. The molecule has 2 nitrogen and oxygen atoms in total. The topological polar surface area (TPSA) is 24.9 Å². The lowest BCUT2D eigenvalue weighted by Gasteiger charge is -2.07. The van der Waals surface area contributed by atoms with Crippen LogP contribution in [0.3, 0.4) is 0 Å². The van der Waals surface area contributed by atoms with Crippen LogP contribution < -0.4 is 5.32 Å². The fourth-order valence-electron chi connectivity index (χ4n) is 0.845. The molecular weight excluding hydrogens is 293 g/mol. The molecule has 0 bridgehead atoms. The Balaban J connectivity index is 3.42. The zero-order valence-corrected chi connectivity index (χ0v) is 9.49. The summed E-state index contributed by atoms with van der Waals surface area (Å²) in [6.45, 7) is 1.58. The third kappa shape index (κ3) is 1.64. The minimum Gasteiger partial charge on any atom is -0.385 e. The highest BCUT2D eigenvalue weighted by atomic mass is 127. The van der Waals surface area contributed by atoms with Crippen molar-refractivity contribution in [2.75, 3.05) is 12.4 Å². The van der Waals surface area contributed by atoms with Gasteiger partial charge in [0, 0.05) is 7.05 Å². The Morgan fingerprint density at radius 1 is 1.58 bits per heavy atom. The van der Waals surface area contributed by atoms with E-state index in [2.05, 4.69) is 10.3 Å². The van der Waals surface area contributed by atoms with Crippen molar-refractivity contribution in [2.45, 2.75) is 6.92 Å². The highest BCUT2D eigenvalue weighted by Gasteiger charge is 2.13. The second-order valence-corrected chi connectivity index (χ2v) is 3.68. The standard InChI is InChI=1S/C7H7ClFIN2/c1-3-4(9)6(11-2)5(10)7(8)12-3/h1-2H3,(H,11,12). The maximum Gasteiger partial charge on any atom is 0.168 e. The number of pyridine rings is 1. The summed E-state index contributed by atoms with van der Waals surface area (Å²) < 4.78 is 13.9. The molecule has 66 valence electrons. The summed E-state index contributed by atoms with van der Waals surface area (Å²) in [6, 6.07) is 0. The predicted octanol–water partition coefficient (Wildman–Crippen LogP) is 2.83. The van der Waals surface area contributed by atoms with E-state index in [4.69, 9.17) is 11.6 Å². The number of aromatic nitrogens is 1. The van der Waals surface area contributed by atoms with Gasteiger partial charge in [-0.1, -0.05) is 11.6 Å². The molecule has 1 heterocycles. The van der Waals surface area contributed by atoms with E-state index >= 15 is 0 Å². The summed E-state index contributed by atoms with van der Waals surface area (Å²) in [5.41, 5.74) is 0.720. The van der Waals surface area contributed by atoms with Crippen LogP contribution in [0.15, 0.2) is 0 Å². The number of hydrogen-bond donors (Lipinski definition) is 1. The Hall–Kier alpha value is -0.100. The van der Waals surface area contributed by atoms with E-state index in [1.165, 1.54) is 0 Å². The number of rotatable bonds is 1. The lowest BCUT2D eigenvalue weighted by Crippen LogP contribution is -2.01. The zero-order chi connectivity index (χ0) is 9.30. The van der Waals surface area contributed by atoms with Crippen LogP contribution in [0.1, 0.15) is 5.69 Å². The Morgan fingerprint density at radius 3 is 2.67 bits per heavy atom. The Morgan fingerprint density at radius 2 is 2.17 bits per heavy atom. The minimum atomic E-state index is -0.341. The third-order valence-electron chi connectivity index (χ3n) is 1.45. The van der Waals surface area contributed by atoms with E-state index in [0.29, 0.717) is 20.1 Å². The fraction of sp³-hybridized carbons (Fsp3) is 0.286. The fourth-order valence-corrected chi connectivity index (χ4v) is 1.69. The van der Waals surface area contributed by atoms with Gasteiger partial charge in [-0.3, -0.25) is 0 Å². The molecule has 0 aliphatic carbocycles. The van der Waals surface area contributed by atoms with Crippen molar-refractivity contribution in [1.82, 2.24) is 4.98 Å². The van der Waals surface area contributed by atoms with Crippen LogP contribution in [0.4, 0.5) is 10.1 Å². The molecule has 1 aromatic rings. The summed E-state index contributed by atoms with van der Waals surface area (Å²) in [4.78, 5) is 3.82. The Labute approximate surface area is 88.7 Å². The lowest BCUT2D eigenvalue weighted by molar-refractivity contribution is 0.612. The van der Waals surface area contributed by atoms with E-state index in [9.17, 15) is 4.39 Å². The number of hydrogen-bond acceptors (Lipinski definition) is 2. The molecule has 0 aliphatic rings. The van der Waals surface area contributed by atoms with Crippen LogP contribution in [-0.2, 0) is 0 Å². The second kappa shape index (κ2) is 3.74. The van der Waals surface area contributed by atoms with Crippen molar-refractivity contribution in [2.24, 2.45) is 0 Å². The predicted molar refractivity (Wildman–Crippen MR) is 56.2 cm³/mol. The first-order valence-corrected chi connectivity index (χ1v) is 4.72. The Bertz CT molecular complexity index is 291. The van der Waals surface area contributed by atoms with Crippen molar-refractivity contribution < 1.29 is 4.39 Å². The van der Waals surface area contributed by atoms with Gasteiger partial charge in [-0.05, 0) is 29.5 Å². The molecule has 0 unspecified atom stereocenters. The van der Waals surface area contributed by atoms with Crippen LogP contribution in [0.5, 0.6) is 0 Å². The summed E-state index contributed by atoms with van der Waals surface area (Å²) >= 11 is 7.69. The van der Waals surface area contributed by atoms with Crippen LogP contribution in [-0.4, -0.2) is 12.0 Å². The van der Waals surface area contributed by atoms with E-state index in [0.717, 1.165) is 0 Å². The van der Waals surface area contributed by atoms with Gasteiger partial charge < -0.3 is 5.32 Å². The van der Waals surface area contributed by atoms with E-state index in [1.54, 1.807) is 14.0 Å². The molecule has 1 rings (SSSR count). The van der Waals surface area contributed by atoms with Crippen molar-refractivity contribution in [3.63, 3.8) is 0 Å². The molecule has 1 N–H and O–H groups in total. The molecule has 0 atom stereocenters. The number of nitrogens with zero attached hydrogens (tertiary/aromatic N) is 1. The molecule has 0 saturated carbocycles. The van der Waals surface area contributed by atoms with Gasteiger partial charge in [0.15, 0.2) is 5.82 Å². The quantitative estimate of drug-likeness (QED) is 0.637. The van der Waals surface area contributed by atoms with Crippen LogP contribution in [0, 0.1) is 16.3 Å². The number of nitrogens with one attached hydrogen (secondary N) is 1. The van der Waals surface area contributed by atoms with E-state index in [1.807, 2.05) is 22.6 Å². The monoisotopic (exact) mass is 300 g/mol. The molecule has 0 spiro atoms. The lowest BCUT2D eigenvalue weighted by atomic mass is 10.3. The molecule has 12 heavy (non-hydrogen) atoms. The summed E-state index contributed by atoms with van der Waals surface area (Å²) in [5, 5.41) is 3.07. The van der Waals surface area contributed by atoms with Crippen molar-refractivity contribution in [3.8, 4) is 0 Å². The molecule has 0 aromatic carbocycles. The Kier molecular flexibility index (Phi) is 3.11. The first-order valence-electron chi connectivity index (χ1n) is 3.26. The third-order valence-corrected chi connectivity index (χ3v) is 3.10. The van der Waals surface area contributed by atoms with E-state index < -0.39 is 0 Å². The van der Waals surface area contributed by atoms with Gasteiger partial charge in [0.2, 0.25) is 0 Å². The molecule has 0 fully saturated rings. The van der Waals surface area contributed by atoms with Gasteiger partial charge in [-0.2, -0.15) is 0 Å². The largest absolute Gasteiger partial charge is 0.385 e. The first kappa shape index (κ1) is 9.98. The highest BCUT2D eigenvalue weighted by Crippen LogP contribution is 2.28. The van der Waals surface area contributed by atoms with Gasteiger partial charge in [0.1, 0.15) is 5.15 Å². The first-order chi connectivity index (χ1) is 5.57.